The molecule has 0 aliphatic carbocycles. The Hall–Kier alpha value is -3.22. The lowest BCUT2D eigenvalue weighted by atomic mass is 10.1. The van der Waals surface area contributed by atoms with E-state index in [2.05, 4.69) is 10.3 Å². The molecule has 21 heavy (non-hydrogen) atoms. The number of carboxylic acids is 2. The second-order valence-electron chi connectivity index (χ2n) is 4.04. The van der Waals surface area contributed by atoms with Crippen LogP contribution in [0, 0.1) is 0 Å². The van der Waals surface area contributed by atoms with Crippen LogP contribution in [0.1, 0.15) is 31.2 Å². The third kappa shape index (κ3) is 3.21. The van der Waals surface area contributed by atoms with Gasteiger partial charge in [0.05, 0.1) is 11.1 Å². The normalized spacial score (nSPS) is 9.90. The van der Waals surface area contributed by atoms with Gasteiger partial charge in [-0.05, 0) is 36.4 Å². The van der Waals surface area contributed by atoms with Crippen LogP contribution in [0.2, 0.25) is 0 Å². The number of hydrogen-bond donors (Lipinski definition) is 3. The largest absolute Gasteiger partial charge is 0.478 e. The molecule has 0 spiro atoms. The van der Waals surface area contributed by atoms with Crippen LogP contribution in [0.4, 0.5) is 5.69 Å². The van der Waals surface area contributed by atoms with Crippen LogP contribution in [0.5, 0.6) is 0 Å². The standard InChI is InChI=1S/C14H10N2O5/c17-12(11-10(14(20)21)2-1-7-15-11)16-9-5-3-8(4-6-9)13(18)19/h1-7H,(H,16,17)(H,18,19)(H,20,21). The van der Waals surface area contributed by atoms with Crippen molar-refractivity contribution in [3.63, 3.8) is 0 Å². The Bertz CT molecular complexity index is 710. The van der Waals surface area contributed by atoms with E-state index in [0.29, 0.717) is 5.69 Å². The highest BCUT2D eigenvalue weighted by Crippen LogP contribution is 2.12. The molecule has 2 rings (SSSR count). The van der Waals surface area contributed by atoms with E-state index in [4.69, 9.17) is 10.2 Å². The number of aromatic nitrogens is 1. The Balaban J connectivity index is 2.22. The third-order valence-electron chi connectivity index (χ3n) is 2.64. The first-order valence-corrected chi connectivity index (χ1v) is 5.82. The molecule has 106 valence electrons. The Morgan fingerprint density at radius 3 is 2.19 bits per heavy atom. The van der Waals surface area contributed by atoms with Crippen LogP contribution in [0.25, 0.3) is 0 Å². The first-order chi connectivity index (χ1) is 9.99. The van der Waals surface area contributed by atoms with Crippen molar-refractivity contribution in [1.29, 1.82) is 0 Å². The summed E-state index contributed by atoms with van der Waals surface area (Å²) >= 11 is 0. The number of rotatable bonds is 4. The molecule has 0 fully saturated rings. The molecule has 0 atom stereocenters. The van der Waals surface area contributed by atoms with E-state index in [1.807, 2.05) is 0 Å². The molecule has 0 bridgehead atoms. The highest BCUT2D eigenvalue weighted by atomic mass is 16.4. The van der Waals surface area contributed by atoms with E-state index < -0.39 is 17.8 Å². The van der Waals surface area contributed by atoms with Crippen molar-refractivity contribution < 1.29 is 24.6 Å². The number of aromatic carboxylic acids is 2. The Labute approximate surface area is 118 Å². The predicted octanol–water partition coefficient (Wildman–Crippen LogP) is 1.73. The van der Waals surface area contributed by atoms with Gasteiger partial charge in [0, 0.05) is 11.9 Å². The number of nitrogens with zero attached hydrogens (tertiary/aromatic N) is 1. The van der Waals surface area contributed by atoms with Crippen LogP contribution >= 0.6 is 0 Å². The molecular weight excluding hydrogens is 276 g/mol. The smallest absolute Gasteiger partial charge is 0.338 e. The number of benzene rings is 1. The molecule has 1 heterocycles. The lowest BCUT2D eigenvalue weighted by molar-refractivity contribution is 0.0684. The molecule has 0 saturated heterocycles. The average molecular weight is 286 g/mol. The maximum atomic E-state index is 12.0. The molecule has 1 aromatic heterocycles. The van der Waals surface area contributed by atoms with Gasteiger partial charge in [-0.15, -0.1) is 0 Å². The highest BCUT2D eigenvalue weighted by Gasteiger charge is 2.17. The Kier molecular flexibility index (Phi) is 3.94. The summed E-state index contributed by atoms with van der Waals surface area (Å²) in [6.07, 6.45) is 1.31. The summed E-state index contributed by atoms with van der Waals surface area (Å²) in [6, 6.07) is 8.16. The van der Waals surface area contributed by atoms with E-state index in [-0.39, 0.29) is 16.8 Å². The van der Waals surface area contributed by atoms with Crippen molar-refractivity contribution in [2.24, 2.45) is 0 Å². The molecule has 1 amide bonds. The van der Waals surface area contributed by atoms with Crippen LogP contribution < -0.4 is 5.32 Å². The topological polar surface area (TPSA) is 117 Å². The molecule has 0 unspecified atom stereocenters. The Morgan fingerprint density at radius 1 is 0.952 bits per heavy atom. The average Bonchev–Trinajstić information content (AvgIpc) is 2.47. The number of carbonyl (C=O) groups is 3. The molecule has 7 heteroatoms. The fourth-order valence-electron chi connectivity index (χ4n) is 1.65. The molecule has 0 aliphatic rings. The van der Waals surface area contributed by atoms with Crippen molar-refractivity contribution in [2.75, 3.05) is 5.32 Å². The van der Waals surface area contributed by atoms with E-state index in [0.717, 1.165) is 0 Å². The van der Waals surface area contributed by atoms with E-state index in [1.54, 1.807) is 0 Å². The highest BCUT2D eigenvalue weighted by molar-refractivity contribution is 6.09. The zero-order valence-electron chi connectivity index (χ0n) is 10.6. The third-order valence-corrected chi connectivity index (χ3v) is 2.64. The van der Waals surface area contributed by atoms with Crippen LogP contribution in [-0.2, 0) is 0 Å². The second-order valence-corrected chi connectivity index (χ2v) is 4.04. The van der Waals surface area contributed by atoms with Gasteiger partial charge in [0.2, 0.25) is 0 Å². The van der Waals surface area contributed by atoms with Crippen molar-refractivity contribution in [2.45, 2.75) is 0 Å². The number of pyridine rings is 1. The van der Waals surface area contributed by atoms with E-state index in [9.17, 15) is 14.4 Å². The molecule has 0 saturated carbocycles. The first kappa shape index (κ1) is 14.2. The van der Waals surface area contributed by atoms with Gasteiger partial charge in [-0.25, -0.2) is 9.59 Å². The second kappa shape index (κ2) is 5.83. The summed E-state index contributed by atoms with van der Waals surface area (Å²) in [5, 5.41) is 20.2. The number of amides is 1. The van der Waals surface area contributed by atoms with Crippen molar-refractivity contribution in [1.82, 2.24) is 4.98 Å². The number of carbonyl (C=O) groups excluding carboxylic acids is 1. The quantitative estimate of drug-likeness (QED) is 0.788. The summed E-state index contributed by atoms with van der Waals surface area (Å²) in [4.78, 5) is 37.5. The van der Waals surface area contributed by atoms with Gasteiger partial charge in [0.15, 0.2) is 0 Å². The molecule has 3 N–H and O–H groups in total. The summed E-state index contributed by atoms with van der Waals surface area (Å²) < 4.78 is 0. The number of anilines is 1. The van der Waals surface area contributed by atoms with Gasteiger partial charge in [-0.2, -0.15) is 0 Å². The summed E-state index contributed by atoms with van der Waals surface area (Å²) in [5.41, 5.74) is -0.00600. The summed E-state index contributed by atoms with van der Waals surface area (Å²) in [5.74, 6) is -3.02. The minimum absolute atomic E-state index is 0.0806. The number of carboxylic acid groups (broad SMARTS) is 2. The molecule has 2 aromatic rings. The molecule has 1 aromatic carbocycles. The lowest BCUT2D eigenvalue weighted by Gasteiger charge is -2.07. The van der Waals surface area contributed by atoms with Crippen molar-refractivity contribution in [3.8, 4) is 0 Å². The van der Waals surface area contributed by atoms with Gasteiger partial charge < -0.3 is 15.5 Å². The minimum atomic E-state index is -1.26. The molecule has 0 aliphatic heterocycles. The van der Waals surface area contributed by atoms with Crippen LogP contribution in [0.15, 0.2) is 42.6 Å². The molecular formula is C14H10N2O5. The van der Waals surface area contributed by atoms with Gasteiger partial charge in [-0.3, -0.25) is 9.78 Å². The zero-order chi connectivity index (χ0) is 15.4. The van der Waals surface area contributed by atoms with Gasteiger partial charge in [-0.1, -0.05) is 0 Å². The number of hydrogen-bond acceptors (Lipinski definition) is 4. The fourth-order valence-corrected chi connectivity index (χ4v) is 1.65. The van der Waals surface area contributed by atoms with E-state index in [1.165, 1.54) is 42.6 Å². The first-order valence-electron chi connectivity index (χ1n) is 5.82. The monoisotopic (exact) mass is 286 g/mol. The van der Waals surface area contributed by atoms with Crippen molar-refractivity contribution in [3.05, 3.63) is 59.4 Å². The molecule has 7 nitrogen and oxygen atoms in total. The lowest BCUT2D eigenvalue weighted by Crippen LogP contribution is -2.18. The summed E-state index contributed by atoms with van der Waals surface area (Å²) in [6.45, 7) is 0. The maximum absolute atomic E-state index is 12.0. The van der Waals surface area contributed by atoms with Gasteiger partial charge in [0.25, 0.3) is 5.91 Å². The Morgan fingerprint density at radius 2 is 1.62 bits per heavy atom. The minimum Gasteiger partial charge on any atom is -0.478 e. The van der Waals surface area contributed by atoms with Gasteiger partial charge >= 0.3 is 11.9 Å². The molecule has 0 radical (unpaired) electrons. The van der Waals surface area contributed by atoms with Crippen LogP contribution in [0.3, 0.4) is 0 Å². The van der Waals surface area contributed by atoms with Crippen LogP contribution in [-0.4, -0.2) is 33.0 Å². The predicted molar refractivity (Wildman–Crippen MR) is 72.6 cm³/mol. The SMILES string of the molecule is O=C(O)c1ccc(NC(=O)c2ncccc2C(=O)O)cc1. The van der Waals surface area contributed by atoms with Gasteiger partial charge in [0.1, 0.15) is 5.69 Å². The van der Waals surface area contributed by atoms with E-state index >= 15 is 0 Å². The van der Waals surface area contributed by atoms with Crippen molar-refractivity contribution >= 4 is 23.5 Å². The maximum Gasteiger partial charge on any atom is 0.338 e. The number of nitrogens with one attached hydrogen (secondary N) is 1. The fraction of sp³-hybridized carbons (Fsp3) is 0. The summed E-state index contributed by atoms with van der Waals surface area (Å²) in [7, 11) is 0. The zero-order valence-corrected chi connectivity index (χ0v) is 10.6.